The first-order chi connectivity index (χ1) is 17.6. The summed E-state index contributed by atoms with van der Waals surface area (Å²) in [5.41, 5.74) is 16.7. The Morgan fingerprint density at radius 1 is 0.944 bits per heavy atom. The molecule has 1 amide bonds. The number of carbonyl (C=O) groups is 1. The van der Waals surface area contributed by atoms with Gasteiger partial charge < -0.3 is 21.4 Å². The molecule has 3 aromatic carbocycles. The molecule has 2 heterocycles. The highest BCUT2D eigenvalue weighted by molar-refractivity contribution is 6.20. The summed E-state index contributed by atoms with van der Waals surface area (Å²) in [4.78, 5) is 28.5. The third-order valence-corrected chi connectivity index (χ3v) is 6.51. The Morgan fingerprint density at radius 3 is 2.53 bits per heavy atom. The van der Waals surface area contributed by atoms with Gasteiger partial charge in [-0.1, -0.05) is 66.7 Å². The van der Waals surface area contributed by atoms with Gasteiger partial charge in [0.05, 0.1) is 11.4 Å². The van der Waals surface area contributed by atoms with Crippen LogP contribution in [0.25, 0.3) is 10.9 Å². The topological polar surface area (TPSA) is 113 Å². The predicted molar refractivity (Wildman–Crippen MR) is 147 cm³/mol. The second kappa shape index (κ2) is 10.5. The SMILES string of the molecule is NC(N)=NCCCCN1C(=O)[C@@H](Cc2c[nH]c3ccccc23)N=C(c2ccccc2)c2ccccc21. The zero-order valence-corrected chi connectivity index (χ0v) is 20.1. The Bertz CT molecular complexity index is 1420. The first-order valence-electron chi connectivity index (χ1n) is 12.3. The number of para-hydroxylation sites is 2. The average molecular weight is 479 g/mol. The van der Waals surface area contributed by atoms with Crippen molar-refractivity contribution in [3.05, 3.63) is 102 Å². The van der Waals surface area contributed by atoms with E-state index < -0.39 is 6.04 Å². The summed E-state index contributed by atoms with van der Waals surface area (Å²) in [5.74, 6) is 0.0893. The summed E-state index contributed by atoms with van der Waals surface area (Å²) in [6.45, 7) is 1.11. The molecule has 36 heavy (non-hydrogen) atoms. The van der Waals surface area contributed by atoms with E-state index in [9.17, 15) is 4.79 Å². The van der Waals surface area contributed by atoms with Gasteiger partial charge in [0, 0.05) is 47.7 Å². The lowest BCUT2D eigenvalue weighted by molar-refractivity contribution is -0.119. The van der Waals surface area contributed by atoms with E-state index in [2.05, 4.69) is 22.1 Å². The van der Waals surface area contributed by atoms with Gasteiger partial charge in [0.2, 0.25) is 0 Å². The van der Waals surface area contributed by atoms with Crippen molar-refractivity contribution in [1.29, 1.82) is 0 Å². The van der Waals surface area contributed by atoms with Crippen molar-refractivity contribution < 1.29 is 4.79 Å². The molecule has 0 spiro atoms. The lowest BCUT2D eigenvalue weighted by Gasteiger charge is -2.25. The van der Waals surface area contributed by atoms with Crippen molar-refractivity contribution in [1.82, 2.24) is 4.98 Å². The minimum absolute atomic E-state index is 0.000465. The maximum Gasteiger partial charge on any atom is 0.252 e. The van der Waals surface area contributed by atoms with E-state index in [1.165, 1.54) is 0 Å². The fourth-order valence-electron chi connectivity index (χ4n) is 4.78. The van der Waals surface area contributed by atoms with Crippen molar-refractivity contribution in [3.63, 3.8) is 0 Å². The van der Waals surface area contributed by atoms with Crippen molar-refractivity contribution in [2.45, 2.75) is 25.3 Å². The summed E-state index contributed by atoms with van der Waals surface area (Å²) in [7, 11) is 0. The molecule has 7 heteroatoms. The number of fused-ring (bicyclic) bond motifs is 2. The van der Waals surface area contributed by atoms with E-state index >= 15 is 0 Å². The fourth-order valence-corrected chi connectivity index (χ4v) is 4.78. The van der Waals surface area contributed by atoms with E-state index in [1.54, 1.807) is 0 Å². The lowest BCUT2D eigenvalue weighted by Crippen LogP contribution is -2.39. The minimum Gasteiger partial charge on any atom is -0.370 e. The highest BCUT2D eigenvalue weighted by atomic mass is 16.2. The molecule has 0 aliphatic carbocycles. The van der Waals surface area contributed by atoms with Crippen LogP contribution >= 0.6 is 0 Å². The Morgan fingerprint density at radius 2 is 1.69 bits per heavy atom. The van der Waals surface area contributed by atoms with Gasteiger partial charge in [0.1, 0.15) is 6.04 Å². The van der Waals surface area contributed by atoms with Crippen molar-refractivity contribution in [3.8, 4) is 0 Å². The maximum atomic E-state index is 14.1. The van der Waals surface area contributed by atoms with E-state index in [4.69, 9.17) is 16.5 Å². The summed E-state index contributed by atoms with van der Waals surface area (Å²) < 4.78 is 0. The number of aromatic amines is 1. The zero-order valence-electron chi connectivity index (χ0n) is 20.1. The molecular formula is C29H30N6O. The smallest absolute Gasteiger partial charge is 0.252 e. The highest BCUT2D eigenvalue weighted by Gasteiger charge is 2.32. The maximum absolute atomic E-state index is 14.1. The van der Waals surface area contributed by atoms with E-state index in [0.717, 1.165) is 51.8 Å². The number of aromatic nitrogens is 1. The van der Waals surface area contributed by atoms with Crippen molar-refractivity contribution >= 4 is 34.2 Å². The molecule has 5 rings (SSSR count). The van der Waals surface area contributed by atoms with E-state index in [-0.39, 0.29) is 11.9 Å². The molecule has 0 radical (unpaired) electrons. The van der Waals surface area contributed by atoms with Crippen molar-refractivity contribution in [2.75, 3.05) is 18.0 Å². The average Bonchev–Trinajstić information content (AvgIpc) is 3.26. The van der Waals surface area contributed by atoms with Crippen LogP contribution in [0.5, 0.6) is 0 Å². The summed E-state index contributed by atoms with van der Waals surface area (Å²) in [5, 5.41) is 1.12. The number of nitrogens with one attached hydrogen (secondary N) is 1. The number of unbranched alkanes of at least 4 members (excludes halogenated alkanes) is 1. The number of carbonyl (C=O) groups excluding carboxylic acids is 1. The number of benzene rings is 3. The molecule has 0 fully saturated rings. The minimum atomic E-state index is -0.551. The van der Waals surface area contributed by atoms with Crippen LogP contribution < -0.4 is 16.4 Å². The van der Waals surface area contributed by atoms with Gasteiger partial charge in [-0.05, 0) is 30.5 Å². The van der Waals surface area contributed by atoms with Gasteiger partial charge in [-0.2, -0.15) is 0 Å². The number of hydrogen-bond donors (Lipinski definition) is 3. The summed E-state index contributed by atoms with van der Waals surface area (Å²) in [6.07, 6.45) is 4.06. The van der Waals surface area contributed by atoms with Gasteiger partial charge in [-0.15, -0.1) is 0 Å². The third kappa shape index (κ3) is 4.86. The van der Waals surface area contributed by atoms with Gasteiger partial charge in [-0.3, -0.25) is 14.8 Å². The number of benzodiazepines with no additional fused rings is 1. The summed E-state index contributed by atoms with van der Waals surface area (Å²) in [6, 6.07) is 25.7. The molecule has 0 bridgehead atoms. The van der Waals surface area contributed by atoms with Gasteiger partial charge in [-0.25, -0.2) is 0 Å². The van der Waals surface area contributed by atoms with Crippen LogP contribution in [0.3, 0.4) is 0 Å². The van der Waals surface area contributed by atoms with E-state index in [1.807, 2.05) is 77.8 Å². The van der Waals surface area contributed by atoms with Gasteiger partial charge in [0.15, 0.2) is 5.96 Å². The van der Waals surface area contributed by atoms with Crippen LogP contribution in [0.15, 0.2) is 95.0 Å². The Kier molecular flexibility index (Phi) is 6.80. The number of H-pyrrole nitrogens is 1. The first kappa shape index (κ1) is 23.4. The van der Waals surface area contributed by atoms with E-state index in [0.29, 0.717) is 19.5 Å². The second-order valence-electron chi connectivity index (χ2n) is 8.94. The third-order valence-electron chi connectivity index (χ3n) is 6.51. The quantitative estimate of drug-likeness (QED) is 0.202. The molecule has 7 nitrogen and oxygen atoms in total. The molecule has 0 saturated heterocycles. The number of nitrogens with two attached hydrogens (primary N) is 2. The molecule has 0 saturated carbocycles. The largest absolute Gasteiger partial charge is 0.370 e. The van der Waals surface area contributed by atoms with Crippen molar-refractivity contribution in [2.24, 2.45) is 21.5 Å². The number of nitrogens with zero attached hydrogens (tertiary/aromatic N) is 3. The van der Waals surface area contributed by atoms with Crippen LogP contribution in [0, 0.1) is 0 Å². The lowest BCUT2D eigenvalue weighted by atomic mass is 10.00. The molecular weight excluding hydrogens is 448 g/mol. The number of guanidine groups is 1. The molecule has 1 aliphatic rings. The molecule has 1 atom stereocenters. The number of rotatable bonds is 8. The van der Waals surface area contributed by atoms with Gasteiger partial charge in [0.25, 0.3) is 5.91 Å². The van der Waals surface area contributed by atoms with Crippen LogP contribution in [-0.4, -0.2) is 41.7 Å². The predicted octanol–water partition coefficient (Wildman–Crippen LogP) is 4.02. The Balaban J connectivity index is 1.54. The number of aliphatic imine (C=N–C) groups is 2. The van der Waals surface area contributed by atoms with Gasteiger partial charge >= 0.3 is 0 Å². The van der Waals surface area contributed by atoms with Crippen LogP contribution in [0.2, 0.25) is 0 Å². The second-order valence-corrected chi connectivity index (χ2v) is 8.94. The highest BCUT2D eigenvalue weighted by Crippen LogP contribution is 2.30. The molecule has 0 unspecified atom stereocenters. The Labute approximate surface area is 210 Å². The fraction of sp³-hybridized carbons (Fsp3) is 0.207. The number of amides is 1. The number of hydrogen-bond acceptors (Lipinski definition) is 3. The molecule has 4 aromatic rings. The zero-order chi connectivity index (χ0) is 24.9. The van der Waals surface area contributed by atoms with Crippen LogP contribution in [0.4, 0.5) is 5.69 Å². The normalized spacial score (nSPS) is 15.3. The van der Waals surface area contributed by atoms with Crippen LogP contribution in [0.1, 0.15) is 29.5 Å². The molecule has 5 N–H and O–H groups in total. The Hall–Kier alpha value is -4.39. The molecule has 1 aliphatic heterocycles. The molecule has 1 aromatic heterocycles. The summed E-state index contributed by atoms with van der Waals surface area (Å²) >= 11 is 0. The standard InChI is InChI=1S/C29H30N6O/c30-29(31)32-16-8-9-17-35-26-15-7-5-13-23(26)27(20-10-2-1-3-11-20)34-25(28(35)36)18-21-19-33-24-14-6-4-12-22(21)24/h1-7,10-15,19,25,33H,8-9,16-18H2,(H4,30,31,32)/t25-/m1/s1. The first-order valence-corrected chi connectivity index (χ1v) is 12.3. The number of anilines is 1. The molecule has 182 valence electrons. The van der Waals surface area contributed by atoms with Crippen LogP contribution in [-0.2, 0) is 11.2 Å². The monoisotopic (exact) mass is 478 g/mol.